The van der Waals surface area contributed by atoms with E-state index in [9.17, 15) is 9.90 Å². The number of unbranched alkanes of at least 4 members (excludes halogenated alkanes) is 1. The van der Waals surface area contributed by atoms with Crippen molar-refractivity contribution in [2.75, 3.05) is 6.61 Å². The summed E-state index contributed by atoms with van der Waals surface area (Å²) in [5, 5.41) is 18.8. The standard InChI is InChI=1S/C21H34O4/c1-16(2)15-25-17(3)20(22)14-13-19-11-8-10-18(19)9-6-4-5-7-12-21(23)24/h4,6,8,11,13-14,16-20,22H,5,7,9-10,12,15H2,1-3H3,(H,23,24)/b6-4-,14-13?/t17?,18-,19+,20?/m0/s1. The minimum absolute atomic E-state index is 0.198. The van der Waals surface area contributed by atoms with Crippen LogP contribution in [0.5, 0.6) is 0 Å². The molecule has 2 unspecified atom stereocenters. The second-order valence-electron chi connectivity index (χ2n) is 7.30. The summed E-state index contributed by atoms with van der Waals surface area (Å²) in [6.07, 6.45) is 15.6. The zero-order valence-corrected chi connectivity index (χ0v) is 15.8. The maximum atomic E-state index is 10.5. The van der Waals surface area contributed by atoms with E-state index in [0.29, 0.717) is 30.8 Å². The highest BCUT2D eigenvalue weighted by Gasteiger charge is 2.20. The van der Waals surface area contributed by atoms with Crippen LogP contribution in [0.1, 0.15) is 52.9 Å². The number of hydrogen-bond donors (Lipinski definition) is 2. The van der Waals surface area contributed by atoms with Crippen LogP contribution in [-0.2, 0) is 9.53 Å². The Hall–Kier alpha value is -1.39. The number of allylic oxidation sites excluding steroid dienone is 5. The summed E-state index contributed by atoms with van der Waals surface area (Å²) in [5.41, 5.74) is 0. The first-order chi connectivity index (χ1) is 11.9. The van der Waals surface area contributed by atoms with Crippen LogP contribution in [0.4, 0.5) is 0 Å². The van der Waals surface area contributed by atoms with E-state index in [2.05, 4.69) is 44.2 Å². The second kappa shape index (κ2) is 12.0. The first-order valence-electron chi connectivity index (χ1n) is 9.41. The minimum atomic E-state index is -0.733. The summed E-state index contributed by atoms with van der Waals surface area (Å²) < 4.78 is 5.65. The Morgan fingerprint density at radius 2 is 2.08 bits per heavy atom. The molecule has 0 saturated heterocycles. The molecule has 0 fully saturated rings. The summed E-state index contributed by atoms with van der Waals surface area (Å²) in [6.45, 7) is 6.75. The van der Waals surface area contributed by atoms with E-state index in [0.717, 1.165) is 19.3 Å². The van der Waals surface area contributed by atoms with Crippen LogP contribution in [0.2, 0.25) is 0 Å². The molecule has 0 heterocycles. The molecule has 4 heteroatoms. The van der Waals surface area contributed by atoms with Crippen molar-refractivity contribution in [1.29, 1.82) is 0 Å². The van der Waals surface area contributed by atoms with Crippen LogP contribution in [0.15, 0.2) is 36.5 Å². The van der Waals surface area contributed by atoms with E-state index in [4.69, 9.17) is 9.84 Å². The summed E-state index contributed by atoms with van der Waals surface area (Å²) in [6, 6.07) is 0. The van der Waals surface area contributed by atoms with Crippen LogP contribution in [-0.4, -0.2) is 35.0 Å². The molecule has 142 valence electrons. The second-order valence-corrected chi connectivity index (χ2v) is 7.30. The van der Waals surface area contributed by atoms with E-state index in [1.54, 1.807) is 0 Å². The Morgan fingerprint density at radius 3 is 2.76 bits per heavy atom. The number of ether oxygens (including phenoxy) is 1. The molecule has 25 heavy (non-hydrogen) atoms. The van der Waals surface area contributed by atoms with E-state index in [-0.39, 0.29) is 12.5 Å². The quantitative estimate of drug-likeness (QED) is 0.405. The number of aliphatic hydroxyl groups is 1. The third-order valence-corrected chi connectivity index (χ3v) is 4.41. The van der Waals surface area contributed by atoms with E-state index in [1.165, 1.54) is 0 Å². The first kappa shape index (κ1) is 21.7. The van der Waals surface area contributed by atoms with Gasteiger partial charge in [0.25, 0.3) is 0 Å². The van der Waals surface area contributed by atoms with E-state index in [1.807, 2.05) is 13.0 Å². The highest BCUT2D eigenvalue weighted by Crippen LogP contribution is 2.30. The maximum Gasteiger partial charge on any atom is 0.303 e. The molecule has 1 aliphatic rings. The average molecular weight is 350 g/mol. The lowest BCUT2D eigenvalue weighted by atomic mass is 9.91. The van der Waals surface area contributed by atoms with Crippen molar-refractivity contribution in [2.24, 2.45) is 17.8 Å². The normalized spacial score (nSPS) is 23.1. The molecule has 0 amide bonds. The fraction of sp³-hybridized carbons (Fsp3) is 0.667. The van der Waals surface area contributed by atoms with Crippen molar-refractivity contribution in [2.45, 2.75) is 65.1 Å². The number of aliphatic hydroxyl groups excluding tert-OH is 1. The van der Waals surface area contributed by atoms with Gasteiger partial charge in [-0.3, -0.25) is 4.79 Å². The summed E-state index contributed by atoms with van der Waals surface area (Å²) in [4.78, 5) is 10.5. The summed E-state index contributed by atoms with van der Waals surface area (Å²) >= 11 is 0. The summed E-state index contributed by atoms with van der Waals surface area (Å²) in [7, 11) is 0. The molecule has 0 aromatic heterocycles. The zero-order chi connectivity index (χ0) is 18.7. The van der Waals surface area contributed by atoms with Gasteiger partial charge in [0.1, 0.15) is 0 Å². The van der Waals surface area contributed by atoms with Gasteiger partial charge in [0.2, 0.25) is 0 Å². The molecule has 0 aliphatic heterocycles. The Kier molecular flexibility index (Phi) is 10.4. The Bertz CT molecular complexity index is 465. The molecular formula is C21H34O4. The van der Waals surface area contributed by atoms with Crippen LogP contribution in [0.3, 0.4) is 0 Å². The largest absolute Gasteiger partial charge is 0.481 e. The predicted molar refractivity (Wildman–Crippen MR) is 101 cm³/mol. The van der Waals surface area contributed by atoms with Gasteiger partial charge >= 0.3 is 5.97 Å². The number of aliphatic carboxylic acids is 1. The van der Waals surface area contributed by atoms with Crippen molar-refractivity contribution in [3.63, 3.8) is 0 Å². The fourth-order valence-electron chi connectivity index (χ4n) is 2.80. The van der Waals surface area contributed by atoms with Crippen LogP contribution >= 0.6 is 0 Å². The summed E-state index contributed by atoms with van der Waals surface area (Å²) in [5.74, 6) is 0.591. The number of rotatable bonds is 12. The smallest absolute Gasteiger partial charge is 0.303 e. The van der Waals surface area contributed by atoms with Crippen molar-refractivity contribution in [3.8, 4) is 0 Å². The Morgan fingerprint density at radius 1 is 1.32 bits per heavy atom. The van der Waals surface area contributed by atoms with Crippen molar-refractivity contribution in [1.82, 2.24) is 0 Å². The van der Waals surface area contributed by atoms with Gasteiger partial charge in [0.05, 0.1) is 12.2 Å². The molecule has 0 radical (unpaired) electrons. The SMILES string of the molecule is CC(C)COC(C)C(O)C=C[C@H]1C=CC[C@@H]1C/C=C\CCCC(=O)O. The third kappa shape index (κ3) is 9.61. The first-order valence-corrected chi connectivity index (χ1v) is 9.41. The molecule has 0 saturated carbocycles. The number of carbonyl (C=O) groups is 1. The van der Waals surface area contributed by atoms with Gasteiger partial charge in [-0.25, -0.2) is 0 Å². The molecular weight excluding hydrogens is 316 g/mol. The Labute approximate surface area is 152 Å². The van der Waals surface area contributed by atoms with Gasteiger partial charge in [0, 0.05) is 13.0 Å². The molecule has 1 rings (SSSR count). The van der Waals surface area contributed by atoms with Crippen LogP contribution in [0, 0.1) is 17.8 Å². The predicted octanol–water partition coefficient (Wildman–Crippen LogP) is 4.36. The van der Waals surface area contributed by atoms with Gasteiger partial charge in [-0.05, 0) is 50.4 Å². The van der Waals surface area contributed by atoms with Crippen molar-refractivity contribution >= 4 is 5.97 Å². The molecule has 1 aliphatic carbocycles. The highest BCUT2D eigenvalue weighted by atomic mass is 16.5. The number of carboxylic acids is 1. The number of carboxylic acid groups (broad SMARTS) is 1. The molecule has 4 nitrogen and oxygen atoms in total. The zero-order valence-electron chi connectivity index (χ0n) is 15.8. The average Bonchev–Trinajstić information content (AvgIpc) is 3.00. The van der Waals surface area contributed by atoms with Gasteiger partial charge in [-0.2, -0.15) is 0 Å². The fourth-order valence-corrected chi connectivity index (χ4v) is 2.80. The van der Waals surface area contributed by atoms with Gasteiger partial charge in [-0.15, -0.1) is 0 Å². The van der Waals surface area contributed by atoms with E-state index >= 15 is 0 Å². The molecule has 0 bridgehead atoms. The molecule has 4 atom stereocenters. The molecule has 0 aromatic rings. The third-order valence-electron chi connectivity index (χ3n) is 4.41. The lowest BCUT2D eigenvalue weighted by Gasteiger charge is -2.19. The van der Waals surface area contributed by atoms with Gasteiger partial charge in [0.15, 0.2) is 0 Å². The van der Waals surface area contributed by atoms with Gasteiger partial charge in [-0.1, -0.05) is 50.3 Å². The lowest BCUT2D eigenvalue weighted by molar-refractivity contribution is -0.137. The van der Waals surface area contributed by atoms with Gasteiger partial charge < -0.3 is 14.9 Å². The van der Waals surface area contributed by atoms with Crippen LogP contribution < -0.4 is 0 Å². The van der Waals surface area contributed by atoms with Crippen molar-refractivity contribution < 1.29 is 19.7 Å². The van der Waals surface area contributed by atoms with E-state index < -0.39 is 12.1 Å². The highest BCUT2D eigenvalue weighted by molar-refractivity contribution is 5.66. The minimum Gasteiger partial charge on any atom is -0.481 e. The maximum absolute atomic E-state index is 10.5. The Balaban J connectivity index is 2.34. The lowest BCUT2D eigenvalue weighted by Crippen LogP contribution is -2.25. The topological polar surface area (TPSA) is 66.8 Å². The monoisotopic (exact) mass is 350 g/mol. The number of hydrogen-bond acceptors (Lipinski definition) is 3. The van der Waals surface area contributed by atoms with Crippen LogP contribution in [0.25, 0.3) is 0 Å². The molecule has 0 aromatic carbocycles. The molecule has 0 spiro atoms. The van der Waals surface area contributed by atoms with Crippen molar-refractivity contribution in [3.05, 3.63) is 36.5 Å². The molecule has 2 N–H and O–H groups in total.